The van der Waals surface area contributed by atoms with Gasteiger partial charge in [-0.1, -0.05) is 29.8 Å². The largest absolute Gasteiger partial charge is 0.493 e. The fourth-order valence-electron chi connectivity index (χ4n) is 6.69. The molecule has 3 aliphatic rings. The van der Waals surface area contributed by atoms with Gasteiger partial charge in [-0.05, 0) is 81.0 Å². The summed E-state index contributed by atoms with van der Waals surface area (Å²) < 4.78 is 44.3. The number of benzene rings is 2. The van der Waals surface area contributed by atoms with Crippen LogP contribution < -0.4 is 15.0 Å². The fraction of sp³-hybridized carbons (Fsp3) is 0.424. The Hall–Kier alpha value is -3.64. The minimum Gasteiger partial charge on any atom is -0.493 e. The van der Waals surface area contributed by atoms with E-state index in [4.69, 9.17) is 38.1 Å². The molecule has 2 aromatic carbocycles. The van der Waals surface area contributed by atoms with E-state index in [9.17, 15) is 5.26 Å². The lowest BCUT2D eigenvalue weighted by atomic mass is 9.69. The van der Waals surface area contributed by atoms with Gasteiger partial charge in [0.25, 0.3) is 6.47 Å². The summed E-state index contributed by atoms with van der Waals surface area (Å²) in [5.41, 5.74) is 4.77. The van der Waals surface area contributed by atoms with Crippen LogP contribution in [-0.2, 0) is 16.8 Å². The van der Waals surface area contributed by atoms with Crippen molar-refractivity contribution in [1.29, 1.82) is 5.26 Å². The first-order valence-corrected chi connectivity index (χ1v) is 14.5. The topological polar surface area (TPSA) is 102 Å². The number of anilines is 1. The van der Waals surface area contributed by atoms with Gasteiger partial charge in [-0.15, -0.1) is 0 Å². The van der Waals surface area contributed by atoms with Crippen LogP contribution in [0.15, 0.2) is 54.6 Å². The van der Waals surface area contributed by atoms with Gasteiger partial charge in [0.2, 0.25) is 0 Å². The molecule has 1 atom stereocenters. The third-order valence-electron chi connectivity index (χ3n) is 8.55. The van der Waals surface area contributed by atoms with Gasteiger partial charge in [0.05, 0.1) is 31.9 Å². The number of fused-ring (bicyclic) bond motifs is 2. The van der Waals surface area contributed by atoms with Crippen molar-refractivity contribution in [2.24, 2.45) is 0 Å². The maximum atomic E-state index is 9.74. The van der Waals surface area contributed by atoms with Gasteiger partial charge in [0.15, 0.2) is 0 Å². The Labute approximate surface area is 259 Å². The average molecular weight is 593 g/mol. The molecule has 220 valence electrons. The van der Waals surface area contributed by atoms with Gasteiger partial charge >= 0.3 is 0 Å². The minimum absolute atomic E-state index is 0.109. The number of para-hydroxylation sites is 1. The molecule has 0 radical (unpaired) electrons. The van der Waals surface area contributed by atoms with E-state index in [1.165, 1.54) is 12.0 Å². The SMILES string of the molecule is O=CO.[2H]C([2H])([2H])C([2H])([2H])Oc1ccccc1-c1ccc2c(n1)CN(C[C@H]1CCCN1)CC21CCN(c2ccc(Cl)cc2C#N)CC1. The lowest BCUT2D eigenvalue weighted by Crippen LogP contribution is -2.54. The third-order valence-corrected chi connectivity index (χ3v) is 8.79. The minimum atomic E-state index is -2.95. The van der Waals surface area contributed by atoms with Crippen LogP contribution in [0.2, 0.25) is 5.02 Å². The van der Waals surface area contributed by atoms with Crippen molar-refractivity contribution in [1.82, 2.24) is 15.2 Å². The lowest BCUT2D eigenvalue weighted by molar-refractivity contribution is -0.122. The summed E-state index contributed by atoms with van der Waals surface area (Å²) in [4.78, 5) is 18.3. The number of piperidine rings is 1. The maximum absolute atomic E-state index is 9.74. The Morgan fingerprint density at radius 1 is 1.29 bits per heavy atom. The molecular weight excluding hydrogens is 550 g/mol. The number of nitrogens with one attached hydrogen (secondary N) is 1. The molecule has 2 fully saturated rings. The van der Waals surface area contributed by atoms with Gasteiger partial charge < -0.3 is 20.1 Å². The van der Waals surface area contributed by atoms with Crippen molar-refractivity contribution in [3.63, 3.8) is 0 Å². The average Bonchev–Trinajstić information content (AvgIpc) is 3.54. The molecule has 3 aromatic rings. The molecule has 0 amide bonds. The number of hydrogen-bond acceptors (Lipinski definition) is 7. The van der Waals surface area contributed by atoms with Gasteiger partial charge in [-0.25, -0.2) is 0 Å². The molecule has 0 unspecified atom stereocenters. The summed E-state index contributed by atoms with van der Waals surface area (Å²) in [6, 6.07) is 19.2. The Morgan fingerprint density at radius 2 is 2.10 bits per heavy atom. The molecule has 42 heavy (non-hydrogen) atoms. The van der Waals surface area contributed by atoms with Crippen LogP contribution in [0.1, 0.15) is 56.2 Å². The van der Waals surface area contributed by atoms with Gasteiger partial charge in [0.1, 0.15) is 11.8 Å². The maximum Gasteiger partial charge on any atom is 0.290 e. The summed E-state index contributed by atoms with van der Waals surface area (Å²) in [5.74, 6) is 0.142. The second-order valence-electron chi connectivity index (χ2n) is 11.0. The van der Waals surface area contributed by atoms with E-state index < -0.39 is 13.4 Å². The number of pyridine rings is 1. The van der Waals surface area contributed by atoms with Crippen molar-refractivity contribution in [2.45, 2.75) is 50.5 Å². The van der Waals surface area contributed by atoms with Crippen LogP contribution in [0.3, 0.4) is 0 Å². The Balaban J connectivity index is 0.00000139. The number of carboxylic acid groups (broad SMARTS) is 1. The van der Waals surface area contributed by atoms with E-state index in [0.717, 1.165) is 63.4 Å². The van der Waals surface area contributed by atoms with E-state index in [2.05, 4.69) is 27.3 Å². The highest BCUT2D eigenvalue weighted by Gasteiger charge is 2.43. The van der Waals surface area contributed by atoms with Crippen molar-refractivity contribution in [2.75, 3.05) is 44.2 Å². The van der Waals surface area contributed by atoms with Gasteiger partial charge in [-0.2, -0.15) is 5.26 Å². The molecule has 0 aliphatic carbocycles. The second-order valence-corrected chi connectivity index (χ2v) is 11.4. The first-order valence-electron chi connectivity index (χ1n) is 16.7. The Morgan fingerprint density at radius 3 is 2.83 bits per heavy atom. The molecule has 2 N–H and O–H groups in total. The van der Waals surface area contributed by atoms with Crippen LogP contribution in [0, 0.1) is 11.3 Å². The zero-order chi connectivity index (χ0) is 33.8. The molecule has 1 aromatic heterocycles. The summed E-state index contributed by atoms with van der Waals surface area (Å²) in [6.45, 7) is -0.846. The first kappa shape index (κ1) is 23.9. The monoisotopic (exact) mass is 592 g/mol. The van der Waals surface area contributed by atoms with Crippen LogP contribution in [0.4, 0.5) is 5.69 Å². The number of nitriles is 1. The number of aromatic nitrogens is 1. The van der Waals surface area contributed by atoms with Crippen molar-refractivity contribution >= 4 is 23.8 Å². The summed E-state index contributed by atoms with van der Waals surface area (Å²) in [6.07, 6.45) is 4.14. The molecule has 1 spiro atoms. The quantitative estimate of drug-likeness (QED) is 0.363. The summed E-state index contributed by atoms with van der Waals surface area (Å²) >= 11 is 6.17. The second kappa shape index (κ2) is 13.6. The number of nitrogens with zero attached hydrogens (tertiary/aromatic N) is 4. The number of ether oxygens (including phenoxy) is 1. The van der Waals surface area contributed by atoms with Crippen molar-refractivity contribution < 1.29 is 21.5 Å². The molecule has 8 nitrogen and oxygen atoms in total. The normalized spacial score (nSPS) is 21.8. The lowest BCUT2D eigenvalue weighted by Gasteiger charge is -2.49. The molecule has 4 heterocycles. The summed E-state index contributed by atoms with van der Waals surface area (Å²) in [7, 11) is 0. The van der Waals surface area contributed by atoms with E-state index >= 15 is 0 Å². The zero-order valence-electron chi connectivity index (χ0n) is 28.4. The standard InChI is InChI=1S/C32H36ClN5O.CH2O2/c1-2-39-31-8-4-3-7-26(31)28-11-10-27-29(36-28)21-37(20-25-6-5-15-35-25)22-32(27)13-16-38(17-14-32)30-12-9-24(33)18-23(30)19-34;2-1-3/h3-4,7-12,18,25,35H,2,5-6,13-17,20-22H2,1H3;1H,(H,2,3)/t25-;/m1./s1/i1D3,2D2;. The highest BCUT2D eigenvalue weighted by atomic mass is 35.5. The molecule has 0 saturated carbocycles. The Kier molecular flexibility index (Phi) is 7.71. The number of hydrogen-bond donors (Lipinski definition) is 2. The van der Waals surface area contributed by atoms with E-state index in [1.807, 2.05) is 24.3 Å². The summed E-state index contributed by atoms with van der Waals surface area (Å²) in [5, 5.41) is 20.8. The van der Waals surface area contributed by atoms with E-state index in [0.29, 0.717) is 34.4 Å². The van der Waals surface area contributed by atoms with Gasteiger partial charge in [0, 0.05) is 58.9 Å². The van der Waals surface area contributed by atoms with E-state index in [1.54, 1.807) is 24.3 Å². The van der Waals surface area contributed by atoms with Crippen molar-refractivity contribution in [3.05, 3.63) is 76.4 Å². The first-order chi connectivity index (χ1) is 22.4. The zero-order valence-corrected chi connectivity index (χ0v) is 24.1. The van der Waals surface area contributed by atoms with Crippen LogP contribution in [-0.4, -0.2) is 66.8 Å². The Bertz CT molecular complexity index is 1620. The third kappa shape index (κ3) is 6.39. The molecule has 9 heteroatoms. The fourth-order valence-corrected chi connectivity index (χ4v) is 6.86. The van der Waals surface area contributed by atoms with Crippen LogP contribution >= 0.6 is 11.6 Å². The van der Waals surface area contributed by atoms with E-state index in [-0.39, 0.29) is 17.6 Å². The highest BCUT2D eigenvalue weighted by Crippen LogP contribution is 2.44. The molecule has 6 rings (SSSR count). The molecule has 3 aliphatic heterocycles. The predicted molar refractivity (Wildman–Crippen MR) is 165 cm³/mol. The number of rotatable bonds is 6. The molecular formula is C33H38ClN5O3. The molecule has 0 bridgehead atoms. The van der Waals surface area contributed by atoms with Crippen LogP contribution in [0.5, 0.6) is 5.75 Å². The molecule has 2 saturated heterocycles. The van der Waals surface area contributed by atoms with Gasteiger partial charge in [-0.3, -0.25) is 14.7 Å². The number of halogens is 1. The highest BCUT2D eigenvalue weighted by molar-refractivity contribution is 6.30. The van der Waals surface area contributed by atoms with Crippen LogP contribution in [0.25, 0.3) is 11.3 Å². The predicted octanol–water partition coefficient (Wildman–Crippen LogP) is 5.48. The number of carbonyl (C=O) groups is 1. The van der Waals surface area contributed by atoms with Crippen molar-refractivity contribution in [3.8, 4) is 23.1 Å². The smallest absolute Gasteiger partial charge is 0.290 e.